The van der Waals surface area contributed by atoms with Gasteiger partial charge < -0.3 is 20.1 Å². The van der Waals surface area contributed by atoms with Gasteiger partial charge in [0.15, 0.2) is 5.96 Å². The first-order chi connectivity index (χ1) is 12.1. The van der Waals surface area contributed by atoms with Crippen LogP contribution >= 0.6 is 24.0 Å². The van der Waals surface area contributed by atoms with Crippen molar-refractivity contribution >= 4 is 29.9 Å². The fraction of sp³-hybridized carbons (Fsp3) is 0.632. The summed E-state index contributed by atoms with van der Waals surface area (Å²) in [6, 6.07) is 8.02. The van der Waals surface area contributed by atoms with Gasteiger partial charge in [-0.3, -0.25) is 9.89 Å². The Labute approximate surface area is 174 Å². The van der Waals surface area contributed by atoms with Crippen LogP contribution in [0.5, 0.6) is 5.75 Å². The summed E-state index contributed by atoms with van der Waals surface area (Å²) in [5.74, 6) is 2.33. The Hall–Kier alpha value is -1.06. The van der Waals surface area contributed by atoms with Gasteiger partial charge in [-0.1, -0.05) is 26.0 Å². The average Bonchev–Trinajstić information content (AvgIpc) is 2.62. The zero-order valence-corrected chi connectivity index (χ0v) is 18.7. The summed E-state index contributed by atoms with van der Waals surface area (Å²) in [4.78, 5) is 6.77. The van der Waals surface area contributed by atoms with Crippen molar-refractivity contribution in [3.63, 3.8) is 0 Å². The standard InChI is InChI=1S/C19H32N4O2.HI/c1-15(2)13-23-8-9-25-18(14-23)12-22-19(20-3)21-11-16-6-5-7-17(10-16)24-4;/h5-7,10,15,18H,8-9,11-14H2,1-4H3,(H2,20,21,22);1H. The third-order valence-corrected chi connectivity index (χ3v) is 4.16. The Bertz CT molecular complexity index is 554. The van der Waals surface area contributed by atoms with Gasteiger partial charge in [0, 0.05) is 39.8 Å². The van der Waals surface area contributed by atoms with Gasteiger partial charge in [-0.25, -0.2) is 0 Å². The monoisotopic (exact) mass is 476 g/mol. The van der Waals surface area contributed by atoms with Gasteiger partial charge in [-0.05, 0) is 23.6 Å². The van der Waals surface area contributed by atoms with Crippen molar-refractivity contribution in [1.82, 2.24) is 15.5 Å². The lowest BCUT2D eigenvalue weighted by Gasteiger charge is -2.34. The fourth-order valence-electron chi connectivity index (χ4n) is 2.99. The molecule has 0 spiro atoms. The number of hydrogen-bond donors (Lipinski definition) is 2. The van der Waals surface area contributed by atoms with Gasteiger partial charge in [-0.15, -0.1) is 24.0 Å². The van der Waals surface area contributed by atoms with Crippen molar-refractivity contribution in [2.45, 2.75) is 26.5 Å². The molecule has 1 aliphatic rings. The molecule has 0 radical (unpaired) electrons. The third-order valence-electron chi connectivity index (χ3n) is 4.16. The van der Waals surface area contributed by atoms with Crippen molar-refractivity contribution in [3.05, 3.63) is 29.8 Å². The minimum Gasteiger partial charge on any atom is -0.497 e. The molecule has 0 saturated carbocycles. The van der Waals surface area contributed by atoms with Crippen molar-refractivity contribution in [1.29, 1.82) is 0 Å². The second-order valence-corrected chi connectivity index (χ2v) is 6.80. The van der Waals surface area contributed by atoms with E-state index in [1.54, 1.807) is 14.2 Å². The second-order valence-electron chi connectivity index (χ2n) is 6.80. The van der Waals surface area contributed by atoms with Crippen LogP contribution in [0.3, 0.4) is 0 Å². The van der Waals surface area contributed by atoms with Crippen LogP contribution in [0.1, 0.15) is 19.4 Å². The zero-order chi connectivity index (χ0) is 18.1. The van der Waals surface area contributed by atoms with Crippen molar-refractivity contribution in [3.8, 4) is 5.75 Å². The first kappa shape index (κ1) is 23.0. The van der Waals surface area contributed by atoms with E-state index >= 15 is 0 Å². The number of benzene rings is 1. The smallest absolute Gasteiger partial charge is 0.191 e. The number of halogens is 1. The molecule has 0 bridgehead atoms. The number of guanidine groups is 1. The number of hydrogen-bond acceptors (Lipinski definition) is 4. The molecule has 0 amide bonds. The molecule has 1 unspecified atom stereocenters. The highest BCUT2D eigenvalue weighted by Crippen LogP contribution is 2.12. The molecule has 2 rings (SSSR count). The lowest BCUT2D eigenvalue weighted by atomic mass is 10.2. The molecule has 7 heteroatoms. The van der Waals surface area contributed by atoms with Gasteiger partial charge in [-0.2, -0.15) is 0 Å². The van der Waals surface area contributed by atoms with Crippen molar-refractivity contribution in [2.24, 2.45) is 10.9 Å². The Morgan fingerprint density at radius 2 is 2.19 bits per heavy atom. The van der Waals surface area contributed by atoms with Crippen LogP contribution < -0.4 is 15.4 Å². The van der Waals surface area contributed by atoms with Crippen LogP contribution in [0.4, 0.5) is 0 Å². The predicted molar refractivity (Wildman–Crippen MR) is 118 cm³/mol. The second kappa shape index (κ2) is 12.3. The molecule has 1 aromatic carbocycles. The van der Waals surface area contributed by atoms with E-state index in [1.165, 1.54) is 0 Å². The summed E-state index contributed by atoms with van der Waals surface area (Å²) < 4.78 is 11.1. The number of methoxy groups -OCH3 is 1. The molecular formula is C19H33IN4O2. The number of nitrogens with one attached hydrogen (secondary N) is 2. The normalized spacial score (nSPS) is 18.3. The largest absolute Gasteiger partial charge is 0.497 e. The van der Waals surface area contributed by atoms with Crippen LogP contribution in [-0.4, -0.2) is 63.9 Å². The van der Waals surface area contributed by atoms with Gasteiger partial charge in [0.1, 0.15) is 5.75 Å². The Balaban J connectivity index is 0.00000338. The molecule has 0 aromatic heterocycles. The van der Waals surface area contributed by atoms with Crippen LogP contribution in [0.25, 0.3) is 0 Å². The van der Waals surface area contributed by atoms with Gasteiger partial charge in [0.2, 0.25) is 0 Å². The quantitative estimate of drug-likeness (QED) is 0.360. The summed E-state index contributed by atoms with van der Waals surface area (Å²) in [7, 11) is 3.47. The summed E-state index contributed by atoms with van der Waals surface area (Å²) >= 11 is 0. The Kier molecular flexibility index (Phi) is 10.9. The van der Waals surface area contributed by atoms with Crippen molar-refractivity contribution in [2.75, 3.05) is 46.9 Å². The van der Waals surface area contributed by atoms with Crippen LogP contribution in [-0.2, 0) is 11.3 Å². The average molecular weight is 476 g/mol. The summed E-state index contributed by atoms with van der Waals surface area (Å²) in [6.45, 7) is 9.89. The third kappa shape index (κ3) is 8.09. The summed E-state index contributed by atoms with van der Waals surface area (Å²) in [6.07, 6.45) is 0.197. The molecular weight excluding hydrogens is 443 g/mol. The van der Waals surface area contributed by atoms with E-state index in [4.69, 9.17) is 9.47 Å². The topological polar surface area (TPSA) is 58.1 Å². The molecule has 1 aromatic rings. The maximum absolute atomic E-state index is 5.87. The fourth-order valence-corrected chi connectivity index (χ4v) is 2.99. The predicted octanol–water partition coefficient (Wildman–Crippen LogP) is 2.34. The van der Waals surface area contributed by atoms with Gasteiger partial charge in [0.05, 0.1) is 19.8 Å². The number of morpholine rings is 1. The van der Waals surface area contributed by atoms with Crippen LogP contribution in [0.2, 0.25) is 0 Å². The van der Waals surface area contributed by atoms with E-state index in [9.17, 15) is 0 Å². The molecule has 1 fully saturated rings. The molecule has 0 aliphatic carbocycles. The van der Waals surface area contributed by atoms with Crippen LogP contribution in [0.15, 0.2) is 29.3 Å². The van der Waals surface area contributed by atoms with Crippen molar-refractivity contribution < 1.29 is 9.47 Å². The van der Waals surface area contributed by atoms with E-state index in [-0.39, 0.29) is 30.1 Å². The van der Waals surface area contributed by atoms with E-state index < -0.39 is 0 Å². The summed E-state index contributed by atoms with van der Waals surface area (Å²) in [5.41, 5.74) is 1.15. The van der Waals surface area contributed by atoms with Gasteiger partial charge in [0.25, 0.3) is 0 Å². The molecule has 1 heterocycles. The molecule has 1 atom stereocenters. The molecule has 6 nitrogen and oxygen atoms in total. The van der Waals surface area contributed by atoms with Gasteiger partial charge >= 0.3 is 0 Å². The number of ether oxygens (including phenoxy) is 2. The lowest BCUT2D eigenvalue weighted by molar-refractivity contribution is -0.0284. The lowest BCUT2D eigenvalue weighted by Crippen LogP contribution is -2.50. The SMILES string of the molecule is CN=C(NCc1cccc(OC)c1)NCC1CN(CC(C)C)CCO1.I. The zero-order valence-electron chi connectivity index (χ0n) is 16.3. The number of aliphatic imine (C=N–C) groups is 1. The highest BCUT2D eigenvalue weighted by atomic mass is 127. The van der Waals surface area contributed by atoms with Crippen LogP contribution in [0, 0.1) is 5.92 Å². The van der Waals surface area contributed by atoms with E-state index in [1.807, 2.05) is 18.2 Å². The molecule has 148 valence electrons. The van der Waals surface area contributed by atoms with E-state index in [0.29, 0.717) is 12.5 Å². The summed E-state index contributed by atoms with van der Waals surface area (Å²) in [5, 5.41) is 6.70. The first-order valence-corrected chi connectivity index (χ1v) is 9.02. The minimum atomic E-state index is 0. The minimum absolute atomic E-state index is 0. The Morgan fingerprint density at radius 1 is 1.38 bits per heavy atom. The maximum atomic E-state index is 5.87. The number of nitrogens with zero attached hydrogens (tertiary/aromatic N) is 2. The Morgan fingerprint density at radius 3 is 2.88 bits per heavy atom. The van der Waals surface area contributed by atoms with E-state index in [0.717, 1.165) is 50.1 Å². The molecule has 26 heavy (non-hydrogen) atoms. The molecule has 2 N–H and O–H groups in total. The highest BCUT2D eigenvalue weighted by molar-refractivity contribution is 14.0. The first-order valence-electron chi connectivity index (χ1n) is 9.02. The van der Waals surface area contributed by atoms with E-state index in [2.05, 4.69) is 40.4 Å². The molecule has 1 saturated heterocycles. The number of rotatable bonds is 7. The maximum Gasteiger partial charge on any atom is 0.191 e. The highest BCUT2D eigenvalue weighted by Gasteiger charge is 2.21. The molecule has 1 aliphatic heterocycles.